The number of hydrogen-bond acceptors (Lipinski definition) is 5. The molecule has 0 N–H and O–H groups in total. The van der Waals surface area contributed by atoms with Crippen molar-refractivity contribution in [3.05, 3.63) is 235 Å². The van der Waals surface area contributed by atoms with Gasteiger partial charge in [0.05, 0.1) is 39.0 Å². The number of ketones is 3. The van der Waals surface area contributed by atoms with Gasteiger partial charge < -0.3 is 0 Å². The summed E-state index contributed by atoms with van der Waals surface area (Å²) in [5.74, 6) is -0.447. The normalized spacial score (nSPS) is 11.9. The SMILES string of the molecule is Cc1ccc(C(=O)c2ccc(C(=O)c3ccc(-n4c(=O)n(C(C)(C)C(C)(C)c5ccc(C(=O)c6ccc(-n7c(=O)n(C)c8ccccc87)cc6)cc5)c5ccccc54)cc3)cc2)cc1. The van der Waals surface area contributed by atoms with Gasteiger partial charge in [0.1, 0.15) is 0 Å². The quantitative estimate of drug-likeness (QED) is 0.121. The van der Waals surface area contributed by atoms with Crippen molar-refractivity contribution < 1.29 is 14.4 Å². The zero-order valence-corrected chi connectivity index (χ0v) is 36.5. The molecular formula is C55H46N4O5. The van der Waals surface area contributed by atoms with E-state index in [0.717, 1.165) is 33.2 Å². The van der Waals surface area contributed by atoms with E-state index >= 15 is 0 Å². The van der Waals surface area contributed by atoms with Gasteiger partial charge in [0, 0.05) is 45.8 Å². The fourth-order valence-electron chi connectivity index (χ4n) is 8.65. The first-order valence-corrected chi connectivity index (χ1v) is 21.2. The molecule has 0 fully saturated rings. The molecule has 0 spiro atoms. The van der Waals surface area contributed by atoms with Crippen LogP contribution in [-0.4, -0.2) is 35.6 Å². The summed E-state index contributed by atoms with van der Waals surface area (Å²) in [6.45, 7) is 10.3. The van der Waals surface area contributed by atoms with Gasteiger partial charge in [0.15, 0.2) is 17.3 Å². The van der Waals surface area contributed by atoms with Crippen molar-refractivity contribution in [2.45, 2.75) is 45.6 Å². The molecule has 9 nitrogen and oxygen atoms in total. The maximum atomic E-state index is 14.7. The molecule has 9 aromatic rings. The average molecular weight is 843 g/mol. The summed E-state index contributed by atoms with van der Waals surface area (Å²) < 4.78 is 6.77. The van der Waals surface area contributed by atoms with Crippen LogP contribution >= 0.6 is 0 Å². The van der Waals surface area contributed by atoms with Crippen LogP contribution in [0.25, 0.3) is 33.4 Å². The van der Waals surface area contributed by atoms with E-state index in [1.54, 1.807) is 106 Å². The summed E-state index contributed by atoms with van der Waals surface area (Å²) in [7, 11) is 1.75. The molecule has 7 aromatic carbocycles. The second-order valence-electron chi connectivity index (χ2n) is 17.4. The maximum Gasteiger partial charge on any atom is 0.334 e. The van der Waals surface area contributed by atoms with Gasteiger partial charge in [-0.15, -0.1) is 0 Å². The van der Waals surface area contributed by atoms with Gasteiger partial charge in [-0.25, -0.2) is 9.59 Å². The first-order valence-electron chi connectivity index (χ1n) is 21.2. The van der Waals surface area contributed by atoms with Crippen LogP contribution in [0.2, 0.25) is 0 Å². The van der Waals surface area contributed by atoms with E-state index in [1.807, 2.05) is 96.4 Å². The van der Waals surface area contributed by atoms with E-state index in [-0.39, 0.29) is 28.7 Å². The fourth-order valence-corrected chi connectivity index (χ4v) is 8.65. The Hall–Kier alpha value is -7.91. The zero-order valence-electron chi connectivity index (χ0n) is 36.5. The molecular weight excluding hydrogens is 797 g/mol. The number of carbonyl (C=O) groups is 3. The number of carbonyl (C=O) groups excluding carboxylic acids is 3. The number of imidazole rings is 2. The molecule has 9 rings (SSSR count). The lowest BCUT2D eigenvalue weighted by molar-refractivity contribution is 0.102. The van der Waals surface area contributed by atoms with Gasteiger partial charge in [0.25, 0.3) is 0 Å². The maximum absolute atomic E-state index is 14.7. The second kappa shape index (κ2) is 15.8. The molecule has 0 atom stereocenters. The Morgan fingerprint density at radius 3 is 1.17 bits per heavy atom. The molecule has 0 bridgehead atoms. The van der Waals surface area contributed by atoms with Crippen molar-refractivity contribution in [2.75, 3.05) is 0 Å². The van der Waals surface area contributed by atoms with Crippen molar-refractivity contribution in [3.8, 4) is 11.4 Å². The molecule has 316 valence electrons. The highest BCUT2D eigenvalue weighted by Crippen LogP contribution is 2.41. The van der Waals surface area contributed by atoms with Crippen LogP contribution in [0.3, 0.4) is 0 Å². The van der Waals surface area contributed by atoms with Crippen molar-refractivity contribution in [2.24, 2.45) is 7.05 Å². The molecule has 0 aliphatic heterocycles. The number of aryl methyl sites for hydroxylation is 2. The van der Waals surface area contributed by atoms with Gasteiger partial charge in [-0.05, 0) is 99.1 Å². The van der Waals surface area contributed by atoms with Gasteiger partial charge in [-0.2, -0.15) is 0 Å². The number of rotatable bonds is 11. The van der Waals surface area contributed by atoms with Gasteiger partial charge >= 0.3 is 11.4 Å². The third-order valence-corrected chi connectivity index (χ3v) is 13.2. The number of benzene rings is 7. The predicted octanol–water partition coefficient (Wildman–Crippen LogP) is 10.1. The summed E-state index contributed by atoms with van der Waals surface area (Å²) in [5.41, 5.74) is 7.63. The minimum Gasteiger partial charge on any atom is -0.295 e. The number of fused-ring (bicyclic) bond motifs is 2. The minimum atomic E-state index is -0.779. The molecule has 0 saturated heterocycles. The topological polar surface area (TPSA) is 105 Å². The third kappa shape index (κ3) is 6.86. The van der Waals surface area contributed by atoms with Crippen LogP contribution in [0.15, 0.2) is 179 Å². The Bertz CT molecular complexity index is 3400. The molecule has 2 aromatic heterocycles. The summed E-state index contributed by atoms with van der Waals surface area (Å²) in [6.07, 6.45) is 0. The number of para-hydroxylation sites is 4. The van der Waals surface area contributed by atoms with E-state index in [9.17, 15) is 24.0 Å². The largest absolute Gasteiger partial charge is 0.334 e. The minimum absolute atomic E-state index is 0.109. The Labute approximate surface area is 370 Å². The molecule has 2 heterocycles. The van der Waals surface area contributed by atoms with Gasteiger partial charge in [-0.1, -0.05) is 116 Å². The van der Waals surface area contributed by atoms with Gasteiger partial charge in [-0.3, -0.25) is 32.7 Å². The van der Waals surface area contributed by atoms with Gasteiger partial charge in [0.2, 0.25) is 0 Å². The van der Waals surface area contributed by atoms with Crippen molar-refractivity contribution in [1.82, 2.24) is 18.3 Å². The molecule has 0 aliphatic rings. The highest BCUT2D eigenvalue weighted by molar-refractivity contribution is 6.12. The van der Waals surface area contributed by atoms with Crippen LogP contribution in [0.5, 0.6) is 0 Å². The van der Waals surface area contributed by atoms with Crippen LogP contribution in [0, 0.1) is 6.92 Å². The molecule has 0 unspecified atom stereocenters. The van der Waals surface area contributed by atoms with E-state index in [1.165, 1.54) is 0 Å². The summed E-state index contributed by atoms with van der Waals surface area (Å²) >= 11 is 0. The van der Waals surface area contributed by atoms with E-state index in [4.69, 9.17) is 0 Å². The molecule has 0 radical (unpaired) electrons. The number of nitrogens with zero attached hydrogens (tertiary/aromatic N) is 4. The molecule has 0 aliphatic carbocycles. The van der Waals surface area contributed by atoms with Crippen LogP contribution in [0.4, 0.5) is 0 Å². The smallest absolute Gasteiger partial charge is 0.295 e. The van der Waals surface area contributed by atoms with E-state index in [0.29, 0.717) is 44.8 Å². The van der Waals surface area contributed by atoms with E-state index < -0.39 is 11.0 Å². The lowest BCUT2D eigenvalue weighted by Gasteiger charge is -2.43. The average Bonchev–Trinajstić information content (AvgIpc) is 3.77. The van der Waals surface area contributed by atoms with E-state index in [2.05, 4.69) is 27.7 Å². The molecule has 0 amide bonds. The highest BCUT2D eigenvalue weighted by Gasteiger charge is 2.42. The molecule has 0 saturated carbocycles. The molecule has 9 heteroatoms. The Balaban J connectivity index is 0.958. The zero-order chi connectivity index (χ0) is 45.1. The highest BCUT2D eigenvalue weighted by atomic mass is 16.2. The standard InChI is InChI=1S/C55H46N4O5/c1-35-15-17-36(18-16-35)49(60)37-19-21-38(22-20-37)50(61)40-27-33-44(34-28-40)58-47-13-9-10-14-48(47)59(53(58)64)55(4,5)54(2,3)42-29-23-39(24-30-42)51(62)41-25-31-43(32-26-41)57-46-12-8-7-11-45(46)56(6)52(57)63/h7-34H,1-6H3. The second-order valence-corrected chi connectivity index (χ2v) is 17.4. The number of aromatic nitrogens is 4. The number of hydrogen-bond donors (Lipinski definition) is 0. The lowest BCUT2D eigenvalue weighted by atomic mass is 9.69. The lowest BCUT2D eigenvalue weighted by Crippen LogP contribution is -2.49. The Morgan fingerprint density at radius 2 is 0.734 bits per heavy atom. The first-order chi connectivity index (χ1) is 30.7. The van der Waals surface area contributed by atoms with Crippen molar-refractivity contribution in [3.63, 3.8) is 0 Å². The predicted molar refractivity (Wildman–Crippen MR) is 253 cm³/mol. The fraction of sp³-hybridized carbons (Fsp3) is 0.145. The first kappa shape index (κ1) is 41.4. The third-order valence-electron chi connectivity index (χ3n) is 13.2. The summed E-state index contributed by atoms with van der Waals surface area (Å²) in [4.78, 5) is 68.2. The summed E-state index contributed by atoms with van der Waals surface area (Å²) in [5, 5.41) is 0. The molecule has 64 heavy (non-hydrogen) atoms. The Kier molecular flexibility index (Phi) is 10.2. The Morgan fingerprint density at radius 1 is 0.406 bits per heavy atom. The van der Waals surface area contributed by atoms with Crippen molar-refractivity contribution in [1.29, 1.82) is 0 Å². The van der Waals surface area contributed by atoms with Crippen LogP contribution < -0.4 is 11.4 Å². The van der Waals surface area contributed by atoms with Crippen LogP contribution in [0.1, 0.15) is 86.6 Å². The summed E-state index contributed by atoms with van der Waals surface area (Å²) in [6, 6.07) is 51.0. The van der Waals surface area contributed by atoms with Crippen molar-refractivity contribution >= 4 is 39.4 Å². The monoisotopic (exact) mass is 842 g/mol. The van der Waals surface area contributed by atoms with Crippen LogP contribution in [-0.2, 0) is 18.0 Å².